The van der Waals surface area contributed by atoms with Gasteiger partial charge >= 0.3 is 0 Å². The molecule has 78 valence electrons. The maximum Gasteiger partial charge on any atom is 0.177 e. The van der Waals surface area contributed by atoms with E-state index < -0.39 is 0 Å². The van der Waals surface area contributed by atoms with Crippen molar-refractivity contribution in [1.29, 1.82) is 0 Å². The minimum absolute atomic E-state index is 0.544. The summed E-state index contributed by atoms with van der Waals surface area (Å²) >= 11 is 10.8. The average molecular weight is 229 g/mol. The molecule has 2 fully saturated rings. The third-order valence-electron chi connectivity index (χ3n) is 3.03. The zero-order valence-corrected chi connectivity index (χ0v) is 10.2. The second kappa shape index (κ2) is 3.62. The SMILES string of the molecule is CN1CCC2CCN(C)C(=S)N2C1=S. The van der Waals surface area contributed by atoms with Gasteiger partial charge in [0, 0.05) is 33.2 Å². The van der Waals surface area contributed by atoms with E-state index in [1.54, 1.807) is 0 Å². The van der Waals surface area contributed by atoms with Crippen LogP contribution in [0.15, 0.2) is 0 Å². The van der Waals surface area contributed by atoms with Crippen molar-refractivity contribution in [2.45, 2.75) is 18.9 Å². The molecule has 0 aromatic heterocycles. The first-order valence-corrected chi connectivity index (χ1v) is 5.72. The van der Waals surface area contributed by atoms with Crippen molar-refractivity contribution in [1.82, 2.24) is 14.7 Å². The number of fused-ring (bicyclic) bond motifs is 1. The molecule has 0 atom stereocenters. The van der Waals surface area contributed by atoms with E-state index in [4.69, 9.17) is 24.4 Å². The van der Waals surface area contributed by atoms with E-state index in [-0.39, 0.29) is 0 Å². The van der Waals surface area contributed by atoms with E-state index in [2.05, 4.69) is 14.7 Å². The van der Waals surface area contributed by atoms with Gasteiger partial charge in [-0.15, -0.1) is 0 Å². The van der Waals surface area contributed by atoms with E-state index in [0.29, 0.717) is 6.04 Å². The molecule has 2 saturated heterocycles. The molecule has 0 radical (unpaired) electrons. The number of thiocarbonyl (C=S) groups is 2. The number of rotatable bonds is 0. The van der Waals surface area contributed by atoms with Crippen molar-refractivity contribution in [2.75, 3.05) is 27.2 Å². The summed E-state index contributed by atoms with van der Waals surface area (Å²) in [6.45, 7) is 2.12. The highest BCUT2D eigenvalue weighted by Crippen LogP contribution is 2.23. The summed E-state index contributed by atoms with van der Waals surface area (Å²) in [5.74, 6) is 0. The number of hydrogen-bond donors (Lipinski definition) is 0. The molecule has 2 heterocycles. The van der Waals surface area contributed by atoms with Gasteiger partial charge in [-0.2, -0.15) is 0 Å². The van der Waals surface area contributed by atoms with Gasteiger partial charge in [0.05, 0.1) is 0 Å². The summed E-state index contributed by atoms with van der Waals surface area (Å²) in [5.41, 5.74) is 0. The minimum atomic E-state index is 0.544. The Morgan fingerprint density at radius 1 is 1.00 bits per heavy atom. The standard InChI is InChI=1S/C9H15N3S2/c1-10-5-3-7-4-6-11(2)9(14)12(7)8(10)13/h7H,3-6H2,1-2H3. The topological polar surface area (TPSA) is 9.72 Å². The van der Waals surface area contributed by atoms with Gasteiger partial charge in [-0.25, -0.2) is 0 Å². The predicted octanol–water partition coefficient (Wildman–Crippen LogP) is 0.898. The van der Waals surface area contributed by atoms with Crippen LogP contribution in [0.3, 0.4) is 0 Å². The Bertz CT molecular complexity index is 253. The van der Waals surface area contributed by atoms with Crippen LogP contribution in [-0.4, -0.2) is 58.2 Å². The van der Waals surface area contributed by atoms with Crippen molar-refractivity contribution < 1.29 is 0 Å². The Labute approximate surface area is 95.6 Å². The predicted molar refractivity (Wildman–Crippen MR) is 65.3 cm³/mol. The first-order chi connectivity index (χ1) is 6.61. The van der Waals surface area contributed by atoms with Crippen LogP contribution in [0, 0.1) is 0 Å². The largest absolute Gasteiger partial charge is 0.352 e. The van der Waals surface area contributed by atoms with Gasteiger partial charge in [0.15, 0.2) is 10.2 Å². The zero-order valence-electron chi connectivity index (χ0n) is 8.56. The second-order valence-corrected chi connectivity index (χ2v) is 4.74. The molecule has 0 unspecified atom stereocenters. The van der Waals surface area contributed by atoms with E-state index in [1.165, 1.54) is 12.8 Å². The van der Waals surface area contributed by atoms with Gasteiger partial charge in [-0.1, -0.05) is 0 Å². The summed E-state index contributed by atoms with van der Waals surface area (Å²) in [6, 6.07) is 0.544. The molecule has 3 nitrogen and oxygen atoms in total. The fourth-order valence-electron chi connectivity index (χ4n) is 2.04. The molecule has 2 aliphatic heterocycles. The highest BCUT2D eigenvalue weighted by atomic mass is 32.1. The van der Waals surface area contributed by atoms with E-state index in [0.717, 1.165) is 23.3 Å². The molecule has 0 aromatic rings. The molecule has 0 N–H and O–H groups in total. The highest BCUT2D eigenvalue weighted by Gasteiger charge is 2.35. The second-order valence-electron chi connectivity index (χ2n) is 4.01. The normalized spacial score (nSPS) is 24.3. The molecule has 0 aliphatic carbocycles. The molecule has 14 heavy (non-hydrogen) atoms. The van der Waals surface area contributed by atoms with Crippen molar-refractivity contribution >= 4 is 34.7 Å². The van der Waals surface area contributed by atoms with Gasteiger partial charge in [-0.05, 0) is 37.3 Å². The molecule has 2 rings (SSSR count). The van der Waals surface area contributed by atoms with Crippen LogP contribution in [0.25, 0.3) is 0 Å². The monoisotopic (exact) mass is 229 g/mol. The molecule has 0 bridgehead atoms. The summed E-state index contributed by atoms with van der Waals surface area (Å²) in [4.78, 5) is 6.35. The van der Waals surface area contributed by atoms with Gasteiger partial charge in [0.2, 0.25) is 0 Å². The number of nitrogens with zero attached hydrogens (tertiary/aromatic N) is 3. The molecular weight excluding hydrogens is 214 g/mol. The number of hydrogen-bond acceptors (Lipinski definition) is 2. The van der Waals surface area contributed by atoms with E-state index in [9.17, 15) is 0 Å². The summed E-state index contributed by atoms with van der Waals surface area (Å²) in [6.07, 6.45) is 2.34. The lowest BCUT2D eigenvalue weighted by Crippen LogP contribution is -2.61. The average Bonchev–Trinajstić information content (AvgIpc) is 2.17. The van der Waals surface area contributed by atoms with Crippen LogP contribution < -0.4 is 0 Å². The quantitative estimate of drug-likeness (QED) is 0.569. The Hall–Kier alpha value is -0.420. The maximum absolute atomic E-state index is 5.39. The summed E-state index contributed by atoms with van der Waals surface area (Å²) in [7, 11) is 4.07. The molecule has 5 heteroatoms. The molecule has 2 aliphatic rings. The van der Waals surface area contributed by atoms with Gasteiger partial charge in [0.25, 0.3) is 0 Å². The fourth-order valence-corrected chi connectivity index (χ4v) is 2.75. The third kappa shape index (κ3) is 1.48. The molecular formula is C9H15N3S2. The van der Waals surface area contributed by atoms with Gasteiger partial charge in [-0.3, -0.25) is 4.90 Å². The molecule has 0 spiro atoms. The maximum atomic E-state index is 5.39. The van der Waals surface area contributed by atoms with E-state index in [1.807, 2.05) is 14.1 Å². The van der Waals surface area contributed by atoms with Crippen LogP contribution in [0.2, 0.25) is 0 Å². The minimum Gasteiger partial charge on any atom is -0.352 e. The van der Waals surface area contributed by atoms with Crippen LogP contribution in [-0.2, 0) is 0 Å². The molecule has 0 aromatic carbocycles. The molecule has 0 saturated carbocycles. The van der Waals surface area contributed by atoms with Crippen LogP contribution in [0.4, 0.5) is 0 Å². The third-order valence-corrected chi connectivity index (χ3v) is 4.04. The summed E-state index contributed by atoms with van der Waals surface area (Å²) < 4.78 is 0. The Morgan fingerprint density at radius 2 is 1.43 bits per heavy atom. The Kier molecular flexibility index (Phi) is 2.62. The fraction of sp³-hybridized carbons (Fsp3) is 0.778. The lowest BCUT2D eigenvalue weighted by atomic mass is 10.0. The van der Waals surface area contributed by atoms with Crippen molar-refractivity contribution in [2.24, 2.45) is 0 Å². The van der Waals surface area contributed by atoms with Gasteiger partial charge in [0.1, 0.15) is 0 Å². The highest BCUT2D eigenvalue weighted by molar-refractivity contribution is 7.81. The first kappa shape index (κ1) is 10.1. The van der Waals surface area contributed by atoms with Crippen molar-refractivity contribution in [3.05, 3.63) is 0 Å². The van der Waals surface area contributed by atoms with Crippen LogP contribution in [0.5, 0.6) is 0 Å². The first-order valence-electron chi connectivity index (χ1n) is 4.90. The van der Waals surface area contributed by atoms with Gasteiger partial charge < -0.3 is 9.80 Å². The smallest absolute Gasteiger partial charge is 0.177 e. The van der Waals surface area contributed by atoms with Crippen molar-refractivity contribution in [3.63, 3.8) is 0 Å². The Morgan fingerprint density at radius 3 is 1.86 bits per heavy atom. The lowest BCUT2D eigenvalue weighted by Gasteiger charge is -2.48. The van der Waals surface area contributed by atoms with Crippen LogP contribution in [0.1, 0.15) is 12.8 Å². The van der Waals surface area contributed by atoms with E-state index >= 15 is 0 Å². The Balaban J connectivity index is 2.22. The molecule has 0 amide bonds. The van der Waals surface area contributed by atoms with Crippen molar-refractivity contribution in [3.8, 4) is 0 Å². The van der Waals surface area contributed by atoms with Crippen LogP contribution >= 0.6 is 24.4 Å². The lowest BCUT2D eigenvalue weighted by molar-refractivity contribution is 0.216. The zero-order chi connectivity index (χ0) is 10.3. The summed E-state index contributed by atoms with van der Waals surface area (Å²) in [5, 5.41) is 1.77.